The van der Waals surface area contributed by atoms with E-state index in [0.29, 0.717) is 25.1 Å². The number of nitrogens with one attached hydrogen (secondary N) is 1. The number of ether oxygens (including phenoxy) is 1. The van der Waals surface area contributed by atoms with E-state index in [9.17, 15) is 0 Å². The number of morpholine rings is 1. The minimum absolute atomic E-state index is 0.246. The van der Waals surface area contributed by atoms with E-state index < -0.39 is 0 Å². The fraction of sp³-hybridized carbons (Fsp3) is 0.524. The van der Waals surface area contributed by atoms with Crippen molar-refractivity contribution in [3.8, 4) is 11.4 Å². The first-order valence-electron chi connectivity index (χ1n) is 10.8. The number of nitrogen functional groups attached to an aromatic ring is 1. The third kappa shape index (κ3) is 4.62. The predicted molar refractivity (Wildman–Crippen MR) is 123 cm³/mol. The summed E-state index contributed by atoms with van der Waals surface area (Å²) in [5.74, 6) is 1.84. The van der Waals surface area contributed by atoms with Crippen molar-refractivity contribution in [2.24, 2.45) is 0 Å². The van der Waals surface area contributed by atoms with Crippen molar-refractivity contribution in [2.45, 2.75) is 25.4 Å². The maximum Gasteiger partial charge on any atom is 0.219 e. The largest absolute Gasteiger partial charge is 0.378 e. The Hall–Kier alpha value is -2.40. The van der Waals surface area contributed by atoms with Gasteiger partial charge in [0.25, 0.3) is 0 Å². The van der Waals surface area contributed by atoms with Crippen molar-refractivity contribution in [3.05, 3.63) is 23.3 Å². The lowest BCUT2D eigenvalue weighted by Crippen LogP contribution is -2.40. The molecule has 0 aliphatic carbocycles. The first kappa shape index (κ1) is 20.5. The van der Waals surface area contributed by atoms with E-state index in [0.717, 1.165) is 54.3 Å². The minimum Gasteiger partial charge on any atom is -0.378 e. The molecule has 0 spiro atoms. The maximum absolute atomic E-state index is 5.65. The Morgan fingerprint density at radius 1 is 1.13 bits per heavy atom. The molecule has 3 N–H and O–H groups in total. The topological polar surface area (TPSA) is 105 Å². The Balaban J connectivity index is 1.45. The van der Waals surface area contributed by atoms with Crippen molar-refractivity contribution >= 4 is 33.3 Å². The number of likely N-dealkylation sites (tertiary alicyclic amines) is 1. The summed E-state index contributed by atoms with van der Waals surface area (Å²) in [4.78, 5) is 24.0. The third-order valence-corrected chi connectivity index (χ3v) is 7.05. The average Bonchev–Trinajstić information content (AvgIpc) is 3.22. The van der Waals surface area contributed by atoms with Gasteiger partial charge < -0.3 is 25.6 Å². The fourth-order valence-electron chi connectivity index (χ4n) is 4.08. The quantitative estimate of drug-likeness (QED) is 0.614. The molecular weight excluding hydrogens is 412 g/mol. The molecule has 31 heavy (non-hydrogen) atoms. The second-order valence-corrected chi connectivity index (χ2v) is 9.32. The number of nitrogens with zero attached hydrogens (tertiary/aromatic N) is 6. The first-order chi connectivity index (χ1) is 15.2. The molecule has 0 unspecified atom stereocenters. The maximum atomic E-state index is 5.65. The van der Waals surface area contributed by atoms with Crippen LogP contribution in [0.3, 0.4) is 0 Å². The molecule has 164 valence electrons. The lowest BCUT2D eigenvalue weighted by molar-refractivity contribution is 0.122. The van der Waals surface area contributed by atoms with Gasteiger partial charge in [-0.1, -0.05) is 0 Å². The third-order valence-electron chi connectivity index (χ3n) is 5.93. The monoisotopic (exact) mass is 440 g/mol. The minimum atomic E-state index is 0.246. The Morgan fingerprint density at radius 2 is 1.87 bits per heavy atom. The molecule has 2 fully saturated rings. The van der Waals surface area contributed by atoms with Crippen LogP contribution in [0.25, 0.3) is 21.6 Å². The van der Waals surface area contributed by atoms with Gasteiger partial charge in [-0.15, -0.1) is 11.3 Å². The summed E-state index contributed by atoms with van der Waals surface area (Å²) < 4.78 is 6.68. The second kappa shape index (κ2) is 8.99. The molecular formula is C21H28N8OS. The van der Waals surface area contributed by atoms with E-state index >= 15 is 0 Å². The molecule has 0 bridgehead atoms. The summed E-state index contributed by atoms with van der Waals surface area (Å²) in [6.45, 7) is 6.24. The first-order valence-corrected chi connectivity index (χ1v) is 11.6. The Bertz CT molecular complexity index is 1030. The number of thiophene rings is 1. The summed E-state index contributed by atoms with van der Waals surface area (Å²) in [6.07, 6.45) is 5.76. The number of fused-ring (bicyclic) bond motifs is 1. The van der Waals surface area contributed by atoms with E-state index in [2.05, 4.69) is 38.2 Å². The molecule has 3 aromatic heterocycles. The van der Waals surface area contributed by atoms with Gasteiger partial charge in [0, 0.05) is 42.9 Å². The lowest BCUT2D eigenvalue weighted by Gasteiger charge is -2.29. The van der Waals surface area contributed by atoms with Gasteiger partial charge in [0.15, 0.2) is 11.6 Å². The van der Waals surface area contributed by atoms with E-state index in [4.69, 9.17) is 20.4 Å². The number of hydrogen-bond donors (Lipinski definition) is 2. The lowest BCUT2D eigenvalue weighted by atomic mass is 10.1. The molecule has 2 aliphatic heterocycles. The molecule has 0 saturated carbocycles. The van der Waals surface area contributed by atoms with Crippen LogP contribution in [0.15, 0.2) is 18.5 Å². The SMILES string of the molecule is CN1CCC(NCc2cc3nc(-c4cnc(N)nc4)nc(N4CCOCC4)c3s2)CC1. The van der Waals surface area contributed by atoms with Crippen molar-refractivity contribution in [1.29, 1.82) is 0 Å². The zero-order valence-corrected chi connectivity index (χ0v) is 18.6. The van der Waals surface area contributed by atoms with Crippen molar-refractivity contribution in [3.63, 3.8) is 0 Å². The van der Waals surface area contributed by atoms with Crippen molar-refractivity contribution in [2.75, 3.05) is 57.1 Å². The van der Waals surface area contributed by atoms with Crippen molar-refractivity contribution < 1.29 is 4.74 Å². The zero-order valence-electron chi connectivity index (χ0n) is 17.8. The Kier molecular flexibility index (Phi) is 5.95. The number of hydrogen-bond acceptors (Lipinski definition) is 10. The van der Waals surface area contributed by atoms with Crippen LogP contribution < -0.4 is 16.0 Å². The highest BCUT2D eigenvalue weighted by molar-refractivity contribution is 7.19. The van der Waals surface area contributed by atoms with Gasteiger partial charge in [0.05, 0.1) is 29.0 Å². The highest BCUT2D eigenvalue weighted by Gasteiger charge is 2.21. The average molecular weight is 441 g/mol. The number of piperidine rings is 1. The molecule has 5 rings (SSSR count). The van der Waals surface area contributed by atoms with Crippen LogP contribution in [0.1, 0.15) is 17.7 Å². The molecule has 0 aromatic carbocycles. The molecule has 10 heteroatoms. The zero-order chi connectivity index (χ0) is 21.2. The number of anilines is 2. The number of aromatic nitrogens is 4. The summed E-state index contributed by atoms with van der Waals surface area (Å²) >= 11 is 1.78. The van der Waals surface area contributed by atoms with Crippen LogP contribution in [0, 0.1) is 0 Å². The van der Waals surface area contributed by atoms with E-state index in [1.807, 2.05) is 0 Å². The van der Waals surface area contributed by atoms with Gasteiger partial charge in [0.2, 0.25) is 5.95 Å². The van der Waals surface area contributed by atoms with E-state index in [1.54, 1.807) is 23.7 Å². The fourth-order valence-corrected chi connectivity index (χ4v) is 5.14. The van der Waals surface area contributed by atoms with Gasteiger partial charge in [-0.3, -0.25) is 0 Å². The highest BCUT2D eigenvalue weighted by atomic mass is 32.1. The van der Waals surface area contributed by atoms with Gasteiger partial charge in [-0.2, -0.15) is 0 Å². The van der Waals surface area contributed by atoms with Crippen LogP contribution in [-0.4, -0.2) is 77.3 Å². The molecule has 2 aliphatic rings. The van der Waals surface area contributed by atoms with E-state index in [-0.39, 0.29) is 5.95 Å². The smallest absolute Gasteiger partial charge is 0.219 e. The molecule has 9 nitrogen and oxygen atoms in total. The van der Waals surface area contributed by atoms with Crippen LogP contribution in [-0.2, 0) is 11.3 Å². The standard InChI is InChI=1S/C21H28N8OS/c1-28-4-2-15(3-5-28)23-13-16-10-17-18(31-16)20(29-6-8-30-9-7-29)27-19(26-17)14-11-24-21(22)25-12-14/h10-12,15,23H,2-9,13H2,1H3,(H2,22,24,25). The summed E-state index contributed by atoms with van der Waals surface area (Å²) in [5, 5.41) is 3.74. The molecule has 0 amide bonds. The van der Waals surface area contributed by atoms with Gasteiger partial charge in [-0.25, -0.2) is 19.9 Å². The molecule has 3 aromatic rings. The van der Waals surface area contributed by atoms with Crippen LogP contribution in [0.5, 0.6) is 0 Å². The Morgan fingerprint density at radius 3 is 2.61 bits per heavy atom. The van der Waals surface area contributed by atoms with Crippen LogP contribution in [0.4, 0.5) is 11.8 Å². The van der Waals surface area contributed by atoms with E-state index in [1.165, 1.54) is 17.7 Å². The van der Waals surface area contributed by atoms with Gasteiger partial charge in [-0.05, 0) is 39.0 Å². The van der Waals surface area contributed by atoms with Gasteiger partial charge >= 0.3 is 0 Å². The molecule has 5 heterocycles. The van der Waals surface area contributed by atoms with Gasteiger partial charge in [0.1, 0.15) is 0 Å². The Labute approximate surface area is 185 Å². The molecule has 0 radical (unpaired) electrons. The highest BCUT2D eigenvalue weighted by Crippen LogP contribution is 2.34. The predicted octanol–water partition coefficient (Wildman–Crippen LogP) is 1.75. The summed E-state index contributed by atoms with van der Waals surface area (Å²) in [6, 6.07) is 2.77. The summed E-state index contributed by atoms with van der Waals surface area (Å²) in [7, 11) is 2.19. The second-order valence-electron chi connectivity index (χ2n) is 8.19. The normalized spacial score (nSPS) is 18.7. The number of rotatable bonds is 5. The van der Waals surface area contributed by atoms with Crippen molar-refractivity contribution in [1.82, 2.24) is 30.2 Å². The number of nitrogens with two attached hydrogens (primary N) is 1. The summed E-state index contributed by atoms with van der Waals surface area (Å²) in [5.41, 5.74) is 7.39. The molecule has 0 atom stereocenters. The van der Waals surface area contributed by atoms with Crippen LogP contribution >= 0.6 is 11.3 Å². The van der Waals surface area contributed by atoms with Crippen LogP contribution in [0.2, 0.25) is 0 Å². The molecule has 2 saturated heterocycles.